The second-order valence-corrected chi connectivity index (χ2v) is 7.27. The van der Waals surface area contributed by atoms with Crippen LogP contribution in [0.4, 0.5) is 0 Å². The lowest BCUT2D eigenvalue weighted by molar-refractivity contribution is -0.139. The van der Waals surface area contributed by atoms with Crippen LogP contribution in [0.15, 0.2) is 9.95 Å². The number of thioether (sulfide) groups is 1. The first-order valence-corrected chi connectivity index (χ1v) is 9.21. The smallest absolute Gasteiger partial charge is 0.316 e. The Labute approximate surface area is 136 Å². The van der Waals surface area contributed by atoms with Crippen molar-refractivity contribution in [3.63, 3.8) is 0 Å². The Hall–Kier alpha value is -1.34. The van der Waals surface area contributed by atoms with Crippen LogP contribution in [-0.4, -0.2) is 27.9 Å². The fourth-order valence-electron chi connectivity index (χ4n) is 2.72. The van der Waals surface area contributed by atoms with E-state index in [0.29, 0.717) is 11.8 Å². The summed E-state index contributed by atoms with van der Waals surface area (Å²) in [6.45, 7) is 2.14. The maximum atomic E-state index is 12.7. The molecule has 0 atom stereocenters. The molecule has 2 heterocycles. The number of carbonyl (C=O) groups excluding carboxylic acids is 1. The Morgan fingerprint density at radius 1 is 1.41 bits per heavy atom. The first-order valence-electron chi connectivity index (χ1n) is 7.41. The maximum Gasteiger partial charge on any atom is 0.316 e. The molecule has 0 aromatic carbocycles. The lowest BCUT2D eigenvalue weighted by atomic mass is 9.97. The van der Waals surface area contributed by atoms with E-state index in [9.17, 15) is 9.59 Å². The van der Waals surface area contributed by atoms with Gasteiger partial charge in [0.05, 0.1) is 17.7 Å². The molecule has 0 bridgehead atoms. The topological polar surface area (TPSA) is 61.2 Å². The first kappa shape index (κ1) is 15.6. The minimum atomic E-state index is -0.285. The zero-order valence-electron chi connectivity index (χ0n) is 12.7. The second kappa shape index (κ2) is 6.42. The fraction of sp³-hybridized carbons (Fsp3) is 0.533. The van der Waals surface area contributed by atoms with Gasteiger partial charge in [-0.05, 0) is 38.2 Å². The van der Waals surface area contributed by atoms with E-state index in [1.807, 2.05) is 0 Å². The minimum Gasteiger partial charge on any atom is -0.465 e. The van der Waals surface area contributed by atoms with Crippen molar-refractivity contribution in [1.29, 1.82) is 0 Å². The van der Waals surface area contributed by atoms with E-state index in [0.717, 1.165) is 29.5 Å². The Morgan fingerprint density at radius 3 is 2.95 bits per heavy atom. The van der Waals surface area contributed by atoms with Crippen molar-refractivity contribution in [1.82, 2.24) is 9.55 Å². The minimum absolute atomic E-state index is 0.00393. The second-order valence-electron chi connectivity index (χ2n) is 5.24. The van der Waals surface area contributed by atoms with Crippen molar-refractivity contribution in [2.75, 3.05) is 12.4 Å². The van der Waals surface area contributed by atoms with Crippen LogP contribution in [-0.2, 0) is 29.4 Å². The SMILES string of the molecule is CCOC(=O)CSc1nc2sc3c(c2c(=O)n1C)CCCC3. The number of carbonyl (C=O) groups is 1. The molecule has 1 aliphatic carbocycles. The summed E-state index contributed by atoms with van der Waals surface area (Å²) in [7, 11) is 1.72. The number of aromatic nitrogens is 2. The van der Waals surface area contributed by atoms with Gasteiger partial charge in [-0.1, -0.05) is 11.8 Å². The quantitative estimate of drug-likeness (QED) is 0.487. The van der Waals surface area contributed by atoms with Crippen molar-refractivity contribution < 1.29 is 9.53 Å². The van der Waals surface area contributed by atoms with Crippen molar-refractivity contribution in [3.05, 3.63) is 20.8 Å². The van der Waals surface area contributed by atoms with Gasteiger partial charge < -0.3 is 4.74 Å². The summed E-state index contributed by atoms with van der Waals surface area (Å²) >= 11 is 2.88. The molecule has 0 radical (unpaired) electrons. The number of nitrogens with zero attached hydrogens (tertiary/aromatic N) is 2. The third-order valence-corrected chi connectivity index (χ3v) is 5.97. The van der Waals surface area contributed by atoms with Crippen LogP contribution in [0.25, 0.3) is 10.2 Å². The zero-order chi connectivity index (χ0) is 15.7. The first-order chi connectivity index (χ1) is 10.6. The van der Waals surface area contributed by atoms with Gasteiger partial charge in [0, 0.05) is 11.9 Å². The molecule has 118 valence electrons. The molecule has 7 heteroatoms. The van der Waals surface area contributed by atoms with Crippen molar-refractivity contribution in [3.8, 4) is 0 Å². The molecular formula is C15H18N2O3S2. The van der Waals surface area contributed by atoms with Crippen LogP contribution in [0.3, 0.4) is 0 Å². The molecule has 2 aromatic heterocycles. The van der Waals surface area contributed by atoms with Gasteiger partial charge >= 0.3 is 5.97 Å². The lowest BCUT2D eigenvalue weighted by Gasteiger charge is -2.10. The van der Waals surface area contributed by atoms with Gasteiger partial charge in [-0.3, -0.25) is 14.2 Å². The zero-order valence-corrected chi connectivity index (χ0v) is 14.3. The lowest BCUT2D eigenvalue weighted by Crippen LogP contribution is -2.21. The van der Waals surface area contributed by atoms with Gasteiger partial charge in [0.15, 0.2) is 5.16 Å². The average Bonchev–Trinajstić information content (AvgIpc) is 2.88. The molecule has 0 saturated heterocycles. The Bertz CT molecular complexity index is 779. The molecule has 0 amide bonds. The molecule has 22 heavy (non-hydrogen) atoms. The number of hydrogen-bond donors (Lipinski definition) is 0. The van der Waals surface area contributed by atoms with Crippen molar-refractivity contribution in [2.45, 2.75) is 37.8 Å². The summed E-state index contributed by atoms with van der Waals surface area (Å²) in [5.74, 6) is -0.114. The van der Waals surface area contributed by atoms with Crippen LogP contribution < -0.4 is 5.56 Å². The van der Waals surface area contributed by atoms with Gasteiger partial charge in [0.2, 0.25) is 0 Å². The largest absolute Gasteiger partial charge is 0.465 e. The van der Waals surface area contributed by atoms with E-state index < -0.39 is 0 Å². The van der Waals surface area contributed by atoms with Crippen LogP contribution in [0.2, 0.25) is 0 Å². The van der Waals surface area contributed by atoms with Crippen molar-refractivity contribution >= 4 is 39.3 Å². The summed E-state index contributed by atoms with van der Waals surface area (Å²) in [4.78, 5) is 30.9. The highest BCUT2D eigenvalue weighted by atomic mass is 32.2. The standard InChI is InChI=1S/C15H18N2O3S2/c1-3-20-11(18)8-21-15-16-13-12(14(19)17(15)2)9-6-4-5-7-10(9)22-13/h3-8H2,1-2H3. The van der Waals surface area contributed by atoms with Gasteiger partial charge in [0.25, 0.3) is 5.56 Å². The van der Waals surface area contributed by atoms with Gasteiger partial charge in [-0.25, -0.2) is 4.98 Å². The number of thiophene rings is 1. The molecule has 0 N–H and O–H groups in total. The van der Waals surface area contributed by atoms with Gasteiger partial charge in [0.1, 0.15) is 4.83 Å². The molecule has 0 unspecified atom stereocenters. The molecule has 1 aliphatic rings. The number of fused-ring (bicyclic) bond motifs is 3. The molecular weight excluding hydrogens is 320 g/mol. The highest BCUT2D eigenvalue weighted by Gasteiger charge is 2.21. The van der Waals surface area contributed by atoms with E-state index in [2.05, 4.69) is 4.98 Å². The molecule has 0 fully saturated rings. The summed E-state index contributed by atoms with van der Waals surface area (Å²) in [5, 5.41) is 1.35. The maximum absolute atomic E-state index is 12.7. The molecule has 0 spiro atoms. The number of ether oxygens (including phenoxy) is 1. The third kappa shape index (κ3) is 2.79. The van der Waals surface area contributed by atoms with Gasteiger partial charge in [-0.15, -0.1) is 11.3 Å². The summed E-state index contributed by atoms with van der Waals surface area (Å²) in [6, 6.07) is 0. The van der Waals surface area contributed by atoms with Crippen LogP contribution in [0.5, 0.6) is 0 Å². The number of esters is 1. The van der Waals surface area contributed by atoms with Crippen molar-refractivity contribution in [2.24, 2.45) is 7.05 Å². The van der Waals surface area contributed by atoms with E-state index in [1.54, 1.807) is 29.9 Å². The normalized spacial score (nSPS) is 14.1. The summed E-state index contributed by atoms with van der Waals surface area (Å²) < 4.78 is 6.46. The molecule has 0 saturated carbocycles. The number of aryl methyl sites for hydroxylation is 2. The van der Waals surface area contributed by atoms with Crippen LogP contribution >= 0.6 is 23.1 Å². The predicted octanol–water partition coefficient (Wildman–Crippen LogP) is 2.53. The van der Waals surface area contributed by atoms with Crippen LogP contribution in [0, 0.1) is 0 Å². The van der Waals surface area contributed by atoms with E-state index >= 15 is 0 Å². The highest BCUT2D eigenvalue weighted by Crippen LogP contribution is 2.34. The highest BCUT2D eigenvalue weighted by molar-refractivity contribution is 7.99. The molecule has 3 rings (SSSR count). The van der Waals surface area contributed by atoms with E-state index in [-0.39, 0.29) is 17.3 Å². The summed E-state index contributed by atoms with van der Waals surface area (Å²) in [6.07, 6.45) is 4.35. The molecule has 5 nitrogen and oxygen atoms in total. The summed E-state index contributed by atoms with van der Waals surface area (Å²) in [5.41, 5.74) is 1.19. The Balaban J connectivity index is 1.97. The van der Waals surface area contributed by atoms with E-state index in [1.165, 1.54) is 28.6 Å². The average molecular weight is 338 g/mol. The van der Waals surface area contributed by atoms with Gasteiger partial charge in [-0.2, -0.15) is 0 Å². The fourth-order valence-corrected chi connectivity index (χ4v) is 4.79. The molecule has 2 aromatic rings. The predicted molar refractivity (Wildman–Crippen MR) is 88.9 cm³/mol. The third-order valence-electron chi connectivity index (χ3n) is 3.78. The number of hydrogen-bond acceptors (Lipinski definition) is 6. The number of rotatable bonds is 4. The molecule has 0 aliphatic heterocycles. The Kier molecular flexibility index (Phi) is 4.54. The monoisotopic (exact) mass is 338 g/mol. The van der Waals surface area contributed by atoms with E-state index in [4.69, 9.17) is 4.74 Å². The van der Waals surface area contributed by atoms with Crippen LogP contribution in [0.1, 0.15) is 30.2 Å². The Morgan fingerprint density at radius 2 is 2.18 bits per heavy atom.